The van der Waals surface area contributed by atoms with Gasteiger partial charge in [0.15, 0.2) is 0 Å². The Morgan fingerprint density at radius 2 is 1.42 bits per heavy atom. The minimum atomic E-state index is 0.425. The van der Waals surface area contributed by atoms with Gasteiger partial charge in [-0.25, -0.2) is 0 Å². The van der Waals surface area contributed by atoms with Crippen molar-refractivity contribution in [2.24, 2.45) is 17.8 Å². The molecular weight excluding hydrogens is 609 g/mol. The first-order valence-electron chi connectivity index (χ1n) is 11.3. The molecule has 0 amide bonds. The minimum Gasteiger partial charge on any atom is -0.265 e. The number of anilines is 2. The number of halogens is 2. The summed E-state index contributed by atoms with van der Waals surface area (Å²) in [5.41, 5.74) is 3.29. The molecule has 31 heavy (non-hydrogen) atoms. The van der Waals surface area contributed by atoms with Crippen LogP contribution in [-0.2, 0) is 13.9 Å². The molecule has 1 aromatic heterocycles. The van der Waals surface area contributed by atoms with Crippen LogP contribution in [-0.4, -0.2) is 16.6 Å². The summed E-state index contributed by atoms with van der Waals surface area (Å²) >= 11 is 6.80. The Morgan fingerprint density at radius 3 is 1.84 bits per heavy atom. The molecular formula is C25H32Br2N3Pd-. The molecule has 7 rings (SSSR count). The summed E-state index contributed by atoms with van der Waals surface area (Å²) < 4.78 is 0. The van der Waals surface area contributed by atoms with Gasteiger partial charge in [0.1, 0.15) is 0 Å². The second kappa shape index (κ2) is 10.7. The predicted octanol–water partition coefficient (Wildman–Crippen LogP) is 7.58. The Labute approximate surface area is 209 Å². The molecule has 6 heteroatoms. The van der Waals surface area contributed by atoms with Crippen molar-refractivity contribution in [3.05, 3.63) is 61.5 Å². The summed E-state index contributed by atoms with van der Waals surface area (Å²) in [6.07, 6.45) is 12.3. The van der Waals surface area contributed by atoms with E-state index in [1.165, 1.54) is 49.9 Å². The standard InChI is InChI=1S/C20H27N2.C5H5N.2BrH.Pd/c1-14(2)21-13-22(19-6-4-3-5-18(19)21)20-10-15-7-16(11-20)9-17(8-15)12-20;1-2-4-6-5-3-1;;;/h3-6,13-17H,7-12H2,1-2H3;1-5H;2*1H;/q-1;;;;+2/p-2. The maximum absolute atomic E-state index is 3.78. The van der Waals surface area contributed by atoms with E-state index >= 15 is 0 Å². The molecule has 4 saturated carbocycles. The van der Waals surface area contributed by atoms with Gasteiger partial charge in [0.2, 0.25) is 0 Å². The molecule has 1 aromatic carbocycles. The van der Waals surface area contributed by atoms with Gasteiger partial charge in [0.05, 0.1) is 0 Å². The fraction of sp³-hybridized carbons (Fsp3) is 0.520. The predicted molar refractivity (Wildman–Crippen MR) is 134 cm³/mol. The molecule has 3 nitrogen and oxygen atoms in total. The quantitative estimate of drug-likeness (QED) is 0.249. The number of hydrogen-bond acceptors (Lipinski definition) is 3. The molecule has 0 N–H and O–H groups in total. The third-order valence-corrected chi connectivity index (χ3v) is 7.30. The minimum absolute atomic E-state index is 0.425. The summed E-state index contributed by atoms with van der Waals surface area (Å²) in [4.78, 5) is 8.97. The zero-order valence-corrected chi connectivity index (χ0v) is 23.0. The molecule has 1 aliphatic heterocycles. The van der Waals surface area contributed by atoms with Gasteiger partial charge >= 0.3 is 40.8 Å². The number of pyridine rings is 1. The van der Waals surface area contributed by atoms with Gasteiger partial charge in [0, 0.05) is 29.3 Å². The number of aromatic nitrogens is 1. The van der Waals surface area contributed by atoms with Gasteiger partial charge in [0.25, 0.3) is 0 Å². The zero-order valence-electron chi connectivity index (χ0n) is 18.2. The number of nitrogens with zero attached hydrogens (tertiary/aromatic N) is 3. The third-order valence-electron chi connectivity index (χ3n) is 7.30. The monoisotopic (exact) mass is 638 g/mol. The van der Waals surface area contributed by atoms with Crippen LogP contribution in [0.2, 0.25) is 0 Å². The second-order valence-corrected chi connectivity index (χ2v) is 16.9. The zero-order chi connectivity index (χ0) is 21.8. The molecule has 2 aromatic rings. The first-order valence-corrected chi connectivity index (χ1v) is 18.4. The topological polar surface area (TPSA) is 19.4 Å². The Hall–Kier alpha value is -0.408. The fourth-order valence-corrected chi connectivity index (χ4v) is 6.60. The van der Waals surface area contributed by atoms with Crippen molar-refractivity contribution in [3.63, 3.8) is 0 Å². The van der Waals surface area contributed by atoms with E-state index in [9.17, 15) is 0 Å². The van der Waals surface area contributed by atoms with Crippen LogP contribution in [0.15, 0.2) is 54.9 Å². The molecule has 0 spiro atoms. The van der Waals surface area contributed by atoms with Crippen LogP contribution in [0.5, 0.6) is 0 Å². The average molecular weight is 641 g/mol. The molecule has 0 atom stereocenters. The van der Waals surface area contributed by atoms with Crippen LogP contribution in [0.3, 0.4) is 0 Å². The largest absolute Gasteiger partial charge is 0.265 e. The van der Waals surface area contributed by atoms with Gasteiger partial charge in [-0.05, 0) is 100 Å². The van der Waals surface area contributed by atoms with Crippen molar-refractivity contribution < 1.29 is 13.9 Å². The molecule has 4 aliphatic carbocycles. The number of hydrogen-bond donors (Lipinski definition) is 0. The van der Waals surface area contributed by atoms with Crippen molar-refractivity contribution in [3.8, 4) is 0 Å². The summed E-state index contributed by atoms with van der Waals surface area (Å²) in [6.45, 7) is 7.05. The molecule has 0 saturated heterocycles. The molecule has 4 bridgehead atoms. The van der Waals surface area contributed by atoms with E-state index < -0.39 is 0 Å². The average Bonchev–Trinajstić information content (AvgIpc) is 3.16. The maximum Gasteiger partial charge on any atom is 0.0267 e. The third kappa shape index (κ3) is 5.24. The van der Waals surface area contributed by atoms with Crippen LogP contribution >= 0.6 is 26.9 Å². The Kier molecular flexibility index (Phi) is 8.18. The normalized spacial score (nSPS) is 29.9. The number of rotatable bonds is 2. The van der Waals surface area contributed by atoms with E-state index in [-0.39, 0.29) is 0 Å². The van der Waals surface area contributed by atoms with Crippen LogP contribution in [0.1, 0.15) is 52.4 Å². The maximum atomic E-state index is 3.78. The molecule has 4 fully saturated rings. The van der Waals surface area contributed by atoms with Crippen molar-refractivity contribution in [2.75, 3.05) is 9.80 Å². The van der Waals surface area contributed by atoms with Crippen LogP contribution in [0.4, 0.5) is 11.4 Å². The molecule has 172 valence electrons. The first-order chi connectivity index (χ1) is 15.1. The molecule has 0 radical (unpaired) electrons. The van der Waals surface area contributed by atoms with Crippen molar-refractivity contribution in [1.82, 2.24) is 4.98 Å². The first kappa shape index (κ1) is 23.7. The van der Waals surface area contributed by atoms with Gasteiger partial charge in [-0.3, -0.25) is 4.98 Å². The SMILES string of the molecule is CC(C)N1[CH-]N(C23CC4CC(CC(C4)C2)C3)c2ccccc21.[Br][Pd][Br].c1ccncc1. The summed E-state index contributed by atoms with van der Waals surface area (Å²) in [6, 6.07) is 15.3. The Bertz CT molecular complexity index is 771. The van der Waals surface area contributed by atoms with E-state index in [1.54, 1.807) is 12.4 Å². The summed E-state index contributed by atoms with van der Waals surface area (Å²) in [5.74, 6) is 3.00. The van der Waals surface area contributed by atoms with Gasteiger partial charge in [-0.2, -0.15) is 6.67 Å². The van der Waals surface area contributed by atoms with E-state index in [0.717, 1.165) is 17.8 Å². The molecule has 5 aliphatic rings. The van der Waals surface area contributed by atoms with E-state index in [2.05, 4.69) is 86.4 Å². The second-order valence-electron chi connectivity index (χ2n) is 9.69. The number of para-hydroxylation sites is 2. The summed E-state index contributed by atoms with van der Waals surface area (Å²) in [5, 5.41) is 0. The van der Waals surface area contributed by atoms with E-state index in [1.807, 2.05) is 18.2 Å². The summed E-state index contributed by atoms with van der Waals surface area (Å²) in [7, 11) is 0. The van der Waals surface area contributed by atoms with E-state index in [0.29, 0.717) is 25.5 Å². The molecule has 0 unspecified atom stereocenters. The van der Waals surface area contributed by atoms with E-state index in [4.69, 9.17) is 0 Å². The number of fused-ring (bicyclic) bond motifs is 1. The Morgan fingerprint density at radius 1 is 0.903 bits per heavy atom. The Balaban J connectivity index is 0.000000218. The number of benzene rings is 1. The van der Waals surface area contributed by atoms with Crippen molar-refractivity contribution in [2.45, 2.75) is 64.0 Å². The van der Waals surface area contributed by atoms with Crippen molar-refractivity contribution >= 4 is 38.2 Å². The molecule has 2 heterocycles. The van der Waals surface area contributed by atoms with Gasteiger partial charge < -0.3 is 9.80 Å². The smallest absolute Gasteiger partial charge is 0.0267 e. The fourth-order valence-electron chi connectivity index (χ4n) is 6.60. The van der Waals surface area contributed by atoms with Crippen LogP contribution < -0.4 is 9.80 Å². The van der Waals surface area contributed by atoms with Gasteiger partial charge in [-0.15, -0.1) is 0 Å². The van der Waals surface area contributed by atoms with Crippen molar-refractivity contribution in [1.29, 1.82) is 0 Å². The van der Waals surface area contributed by atoms with Gasteiger partial charge in [-0.1, -0.05) is 18.2 Å². The van der Waals surface area contributed by atoms with Crippen LogP contribution in [0, 0.1) is 24.4 Å². The van der Waals surface area contributed by atoms with Crippen LogP contribution in [0.25, 0.3) is 0 Å².